The summed E-state index contributed by atoms with van der Waals surface area (Å²) in [6.07, 6.45) is -0.291. The van der Waals surface area contributed by atoms with Crippen molar-refractivity contribution >= 4 is 11.6 Å². The Bertz CT molecular complexity index is 601. The summed E-state index contributed by atoms with van der Waals surface area (Å²) in [5, 5.41) is 10.3. The van der Waals surface area contributed by atoms with Gasteiger partial charge in [0.05, 0.1) is 11.1 Å². The number of aliphatic hydroxyl groups is 1. The van der Waals surface area contributed by atoms with E-state index in [4.69, 9.17) is 11.6 Å². The first kappa shape index (κ1) is 14.0. The van der Waals surface area contributed by atoms with Crippen molar-refractivity contribution in [3.05, 3.63) is 63.7 Å². The Hall–Kier alpha value is -1.45. The van der Waals surface area contributed by atoms with E-state index in [9.17, 15) is 9.50 Å². The van der Waals surface area contributed by atoms with Crippen molar-refractivity contribution in [3.8, 4) is 0 Å². The fraction of sp³-hybridized carbons (Fsp3) is 0.267. The van der Waals surface area contributed by atoms with Crippen LogP contribution in [0.3, 0.4) is 0 Å². The zero-order chi connectivity index (χ0) is 14.0. The molecule has 0 spiro atoms. The molecule has 1 unspecified atom stereocenters. The molecule has 0 aliphatic heterocycles. The largest absolute Gasteiger partial charge is 0.388 e. The molecule has 2 aromatic rings. The molecule has 0 fully saturated rings. The van der Waals surface area contributed by atoms with Gasteiger partial charge in [0.15, 0.2) is 0 Å². The molecular formula is C15H15ClFNO. The van der Waals surface area contributed by atoms with Crippen LogP contribution in [-0.4, -0.2) is 10.1 Å². The van der Waals surface area contributed by atoms with Gasteiger partial charge < -0.3 is 5.11 Å². The lowest BCUT2D eigenvalue weighted by molar-refractivity contribution is 0.177. The minimum Gasteiger partial charge on any atom is -0.388 e. The average molecular weight is 280 g/mol. The predicted molar refractivity (Wildman–Crippen MR) is 73.8 cm³/mol. The van der Waals surface area contributed by atoms with Crippen LogP contribution >= 0.6 is 11.6 Å². The second-order valence-corrected chi connectivity index (χ2v) is 5.00. The van der Waals surface area contributed by atoms with Crippen LogP contribution in [0.1, 0.15) is 28.6 Å². The molecule has 1 atom stereocenters. The first-order chi connectivity index (χ1) is 8.97. The van der Waals surface area contributed by atoms with Gasteiger partial charge in [0.2, 0.25) is 0 Å². The van der Waals surface area contributed by atoms with Crippen LogP contribution in [0.25, 0.3) is 0 Å². The van der Waals surface area contributed by atoms with Crippen molar-refractivity contribution in [2.45, 2.75) is 26.4 Å². The summed E-state index contributed by atoms with van der Waals surface area (Å²) in [5.74, 6) is -0.451. The van der Waals surface area contributed by atoms with E-state index in [0.717, 1.165) is 22.5 Å². The molecule has 1 heterocycles. The Morgan fingerprint density at radius 2 is 2.00 bits per heavy atom. The number of rotatable bonds is 3. The highest BCUT2D eigenvalue weighted by Gasteiger charge is 2.13. The SMILES string of the molecule is Cc1ccc(C(O)Cc2ccc(F)c(Cl)c2)c(C)n1. The van der Waals surface area contributed by atoms with E-state index in [1.807, 2.05) is 26.0 Å². The van der Waals surface area contributed by atoms with E-state index >= 15 is 0 Å². The fourth-order valence-electron chi connectivity index (χ4n) is 2.05. The topological polar surface area (TPSA) is 33.1 Å². The number of halogens is 2. The van der Waals surface area contributed by atoms with Crippen LogP contribution in [0.15, 0.2) is 30.3 Å². The van der Waals surface area contributed by atoms with Crippen LogP contribution in [0.4, 0.5) is 4.39 Å². The quantitative estimate of drug-likeness (QED) is 0.928. The number of benzene rings is 1. The highest BCUT2D eigenvalue weighted by Crippen LogP contribution is 2.23. The minimum absolute atomic E-state index is 0.0726. The first-order valence-electron chi connectivity index (χ1n) is 6.03. The maximum Gasteiger partial charge on any atom is 0.141 e. The lowest BCUT2D eigenvalue weighted by atomic mass is 10.00. The molecule has 0 aliphatic carbocycles. The molecule has 0 saturated heterocycles. The number of aryl methyl sites for hydroxylation is 2. The van der Waals surface area contributed by atoms with Gasteiger partial charge in [-0.1, -0.05) is 23.7 Å². The molecule has 1 aromatic carbocycles. The maximum atomic E-state index is 13.1. The third kappa shape index (κ3) is 3.31. The summed E-state index contributed by atoms with van der Waals surface area (Å²) in [7, 11) is 0. The third-order valence-electron chi connectivity index (χ3n) is 3.04. The first-order valence-corrected chi connectivity index (χ1v) is 6.41. The highest BCUT2D eigenvalue weighted by molar-refractivity contribution is 6.30. The Balaban J connectivity index is 2.20. The Morgan fingerprint density at radius 3 is 2.63 bits per heavy atom. The summed E-state index contributed by atoms with van der Waals surface area (Å²) in [6.45, 7) is 3.77. The molecule has 0 amide bonds. The molecular weight excluding hydrogens is 265 g/mol. The maximum absolute atomic E-state index is 13.1. The lowest BCUT2D eigenvalue weighted by Crippen LogP contribution is -2.05. The van der Waals surface area contributed by atoms with Crippen molar-refractivity contribution in [3.63, 3.8) is 0 Å². The number of nitrogens with zero attached hydrogens (tertiary/aromatic N) is 1. The molecule has 2 nitrogen and oxygen atoms in total. The Labute approximate surface area is 116 Å². The van der Waals surface area contributed by atoms with E-state index in [-0.39, 0.29) is 5.02 Å². The smallest absolute Gasteiger partial charge is 0.141 e. The van der Waals surface area contributed by atoms with Gasteiger partial charge in [-0.25, -0.2) is 4.39 Å². The number of hydrogen-bond acceptors (Lipinski definition) is 2. The molecule has 100 valence electrons. The van der Waals surface area contributed by atoms with E-state index in [1.165, 1.54) is 12.1 Å². The van der Waals surface area contributed by atoms with Crippen LogP contribution in [0.5, 0.6) is 0 Å². The van der Waals surface area contributed by atoms with Gasteiger partial charge in [-0.15, -0.1) is 0 Å². The van der Waals surface area contributed by atoms with Gasteiger partial charge in [-0.05, 0) is 37.6 Å². The molecule has 2 rings (SSSR count). The molecule has 4 heteroatoms. The van der Waals surface area contributed by atoms with Gasteiger partial charge in [-0.3, -0.25) is 4.98 Å². The van der Waals surface area contributed by atoms with Crippen LogP contribution in [0, 0.1) is 19.7 Å². The Kier molecular flexibility index (Phi) is 4.17. The van der Waals surface area contributed by atoms with Crippen molar-refractivity contribution in [2.24, 2.45) is 0 Å². The summed E-state index contributed by atoms with van der Waals surface area (Å²) >= 11 is 5.73. The van der Waals surface area contributed by atoms with Gasteiger partial charge >= 0.3 is 0 Å². The fourth-order valence-corrected chi connectivity index (χ4v) is 2.25. The summed E-state index contributed by atoms with van der Waals surface area (Å²) in [5.41, 5.74) is 3.30. The van der Waals surface area contributed by atoms with E-state index in [2.05, 4.69) is 4.98 Å². The van der Waals surface area contributed by atoms with Crippen molar-refractivity contribution in [1.29, 1.82) is 0 Å². The van der Waals surface area contributed by atoms with Crippen LogP contribution in [0.2, 0.25) is 5.02 Å². The summed E-state index contributed by atoms with van der Waals surface area (Å²) < 4.78 is 13.1. The monoisotopic (exact) mass is 279 g/mol. The van der Waals surface area contributed by atoms with Crippen LogP contribution in [-0.2, 0) is 6.42 Å². The van der Waals surface area contributed by atoms with Gasteiger partial charge in [0, 0.05) is 23.4 Å². The van der Waals surface area contributed by atoms with Crippen LogP contribution < -0.4 is 0 Å². The average Bonchev–Trinajstić information content (AvgIpc) is 2.33. The van der Waals surface area contributed by atoms with Crippen molar-refractivity contribution in [2.75, 3.05) is 0 Å². The molecule has 0 bridgehead atoms. The van der Waals surface area contributed by atoms with Gasteiger partial charge in [0.1, 0.15) is 5.82 Å². The molecule has 0 radical (unpaired) electrons. The number of hydrogen-bond donors (Lipinski definition) is 1. The molecule has 0 saturated carbocycles. The summed E-state index contributed by atoms with van der Waals surface area (Å²) in [6, 6.07) is 8.21. The lowest BCUT2D eigenvalue weighted by Gasteiger charge is -2.14. The van der Waals surface area contributed by atoms with Crippen molar-refractivity contribution < 1.29 is 9.50 Å². The number of aliphatic hydroxyl groups excluding tert-OH is 1. The second-order valence-electron chi connectivity index (χ2n) is 4.60. The summed E-state index contributed by atoms with van der Waals surface area (Å²) in [4.78, 5) is 4.32. The predicted octanol–water partition coefficient (Wildman–Crippen LogP) is 3.77. The zero-order valence-corrected chi connectivity index (χ0v) is 11.6. The molecule has 1 N–H and O–H groups in total. The number of pyridine rings is 1. The molecule has 0 aliphatic rings. The molecule has 19 heavy (non-hydrogen) atoms. The van der Waals surface area contributed by atoms with E-state index in [0.29, 0.717) is 6.42 Å². The van der Waals surface area contributed by atoms with E-state index < -0.39 is 11.9 Å². The zero-order valence-electron chi connectivity index (χ0n) is 10.8. The second kappa shape index (κ2) is 5.68. The molecule has 1 aromatic heterocycles. The van der Waals surface area contributed by atoms with Crippen molar-refractivity contribution in [1.82, 2.24) is 4.98 Å². The normalized spacial score (nSPS) is 12.5. The Morgan fingerprint density at radius 1 is 1.26 bits per heavy atom. The van der Waals surface area contributed by atoms with Gasteiger partial charge in [-0.2, -0.15) is 0 Å². The standard InChI is InChI=1S/C15H15ClFNO/c1-9-3-5-12(10(2)18-9)15(19)8-11-4-6-14(17)13(16)7-11/h3-7,15,19H,8H2,1-2H3. The highest BCUT2D eigenvalue weighted by atomic mass is 35.5. The minimum atomic E-state index is -0.672. The van der Waals surface area contributed by atoms with E-state index in [1.54, 1.807) is 6.07 Å². The third-order valence-corrected chi connectivity index (χ3v) is 3.33. The van der Waals surface area contributed by atoms with Gasteiger partial charge in [0.25, 0.3) is 0 Å². The number of aromatic nitrogens is 1.